The minimum Gasteiger partial charge on any atom is -0.477 e. The van der Waals surface area contributed by atoms with Crippen LogP contribution in [-0.2, 0) is 10.9 Å². The first kappa shape index (κ1) is 24.8. The lowest BCUT2D eigenvalue weighted by Gasteiger charge is -2.13. The maximum atomic E-state index is 13.7. The Bertz CT molecular complexity index is 955. The topological polar surface area (TPSA) is 113 Å². The number of benzene rings is 1. The Hall–Kier alpha value is -3.48. The van der Waals surface area contributed by atoms with Crippen molar-refractivity contribution in [1.29, 1.82) is 0 Å². The number of nitro benzene ring substituents is 1. The molecule has 0 bridgehead atoms. The second-order valence-corrected chi connectivity index (χ2v) is 6.25. The molecule has 32 heavy (non-hydrogen) atoms. The van der Waals surface area contributed by atoms with Gasteiger partial charge in [-0.15, -0.1) is 0 Å². The van der Waals surface area contributed by atoms with E-state index < -0.39 is 39.6 Å². The normalized spacial score (nSPS) is 11.2. The number of methoxy groups -OCH3 is 1. The Balaban J connectivity index is 1.91. The van der Waals surface area contributed by atoms with Crippen molar-refractivity contribution in [3.8, 4) is 11.8 Å². The molecule has 2 rings (SSSR count). The zero-order valence-corrected chi connectivity index (χ0v) is 16.8. The molecule has 0 saturated heterocycles. The Labute approximate surface area is 179 Å². The van der Waals surface area contributed by atoms with Crippen molar-refractivity contribution in [2.24, 2.45) is 0 Å². The number of ether oxygens (including phenoxy) is 3. The van der Waals surface area contributed by atoms with Crippen LogP contribution in [0.2, 0.25) is 0 Å². The molecule has 1 aromatic carbocycles. The maximum Gasteiger partial charge on any atom is 0.416 e. The van der Waals surface area contributed by atoms with Crippen LogP contribution in [0.5, 0.6) is 11.8 Å². The Morgan fingerprint density at radius 1 is 1.12 bits per heavy atom. The van der Waals surface area contributed by atoms with Crippen LogP contribution in [0.4, 0.5) is 23.2 Å². The molecule has 0 radical (unpaired) electrons. The van der Waals surface area contributed by atoms with Crippen LogP contribution in [0.25, 0.3) is 0 Å². The predicted octanol–water partition coefficient (Wildman–Crippen LogP) is 3.37. The lowest BCUT2D eigenvalue weighted by atomic mass is 10.1. The smallest absolute Gasteiger partial charge is 0.416 e. The van der Waals surface area contributed by atoms with Gasteiger partial charge in [0.2, 0.25) is 11.8 Å². The molecule has 13 heteroatoms. The first-order valence-corrected chi connectivity index (χ1v) is 9.17. The van der Waals surface area contributed by atoms with E-state index in [0.29, 0.717) is 6.07 Å². The van der Waals surface area contributed by atoms with E-state index in [1.807, 2.05) is 0 Å². The summed E-state index contributed by atoms with van der Waals surface area (Å²) in [5.74, 6) is -2.43. The number of rotatable bonds is 11. The van der Waals surface area contributed by atoms with Crippen LogP contribution in [-0.4, -0.2) is 49.3 Å². The minimum absolute atomic E-state index is 0.00944. The van der Waals surface area contributed by atoms with Gasteiger partial charge in [0, 0.05) is 37.9 Å². The summed E-state index contributed by atoms with van der Waals surface area (Å²) in [5.41, 5.74) is -1.96. The fraction of sp³-hybridized carbons (Fsp3) is 0.368. The quantitative estimate of drug-likeness (QED) is 0.236. The number of nitrogens with zero attached hydrogens (tertiary/aromatic N) is 2. The summed E-state index contributed by atoms with van der Waals surface area (Å²) in [6.07, 6.45) is -4.50. The summed E-state index contributed by atoms with van der Waals surface area (Å²) in [5, 5.41) is 13.1. The average molecular weight is 461 g/mol. The van der Waals surface area contributed by atoms with Gasteiger partial charge in [0.05, 0.1) is 29.3 Å². The van der Waals surface area contributed by atoms with Crippen molar-refractivity contribution in [1.82, 2.24) is 10.3 Å². The fourth-order valence-electron chi connectivity index (χ4n) is 2.37. The molecular weight excluding hydrogens is 442 g/mol. The third kappa shape index (κ3) is 7.34. The number of non-ortho nitro benzene ring substituents is 1. The number of carbonyl (C=O) groups excluding carboxylic acids is 1. The molecule has 0 saturated carbocycles. The highest BCUT2D eigenvalue weighted by molar-refractivity contribution is 5.95. The van der Waals surface area contributed by atoms with E-state index in [0.717, 1.165) is 24.3 Å². The van der Waals surface area contributed by atoms with Crippen LogP contribution < -0.4 is 14.8 Å². The molecule has 174 valence electrons. The standard InChI is InChI=1S/C19H19F4N3O6/c1-30-7-8-32-17-10-12(19(21,22)23)9-16(25-17)31-6-2-5-24-18(27)14-11-13(26(28)29)3-4-15(14)20/h3-4,9-11H,2,5-8H2,1H3,(H,24,27). The number of halogens is 4. The van der Waals surface area contributed by atoms with Gasteiger partial charge in [0.25, 0.3) is 11.6 Å². The van der Waals surface area contributed by atoms with Gasteiger partial charge in [0.15, 0.2) is 0 Å². The van der Waals surface area contributed by atoms with Gasteiger partial charge < -0.3 is 19.5 Å². The van der Waals surface area contributed by atoms with Gasteiger partial charge in [0.1, 0.15) is 12.4 Å². The lowest BCUT2D eigenvalue weighted by molar-refractivity contribution is -0.384. The number of aromatic nitrogens is 1. The number of alkyl halides is 3. The first-order chi connectivity index (χ1) is 15.1. The number of nitro groups is 1. The number of hydrogen-bond acceptors (Lipinski definition) is 7. The highest BCUT2D eigenvalue weighted by atomic mass is 19.4. The molecule has 2 aromatic rings. The molecule has 1 N–H and O–H groups in total. The van der Waals surface area contributed by atoms with Gasteiger partial charge in [-0.25, -0.2) is 4.39 Å². The van der Waals surface area contributed by atoms with Gasteiger partial charge in [-0.2, -0.15) is 18.2 Å². The second kappa shape index (κ2) is 11.2. The third-order valence-electron chi connectivity index (χ3n) is 3.91. The first-order valence-electron chi connectivity index (χ1n) is 9.17. The molecule has 9 nitrogen and oxygen atoms in total. The Kier molecular flexibility index (Phi) is 8.70. The summed E-state index contributed by atoms with van der Waals surface area (Å²) < 4.78 is 68.0. The zero-order valence-electron chi connectivity index (χ0n) is 16.8. The van der Waals surface area contributed by atoms with Crippen molar-refractivity contribution < 1.29 is 41.5 Å². The SMILES string of the molecule is COCCOc1cc(C(F)(F)F)cc(OCCCNC(=O)c2cc([N+](=O)[O-])ccc2F)n1. The summed E-state index contributed by atoms with van der Waals surface area (Å²) in [6.45, 7) is -0.00981. The maximum absolute atomic E-state index is 13.7. The van der Waals surface area contributed by atoms with Crippen molar-refractivity contribution >= 4 is 11.6 Å². The Morgan fingerprint density at radius 2 is 1.78 bits per heavy atom. The number of carbonyl (C=O) groups is 1. The number of pyridine rings is 1. The highest BCUT2D eigenvalue weighted by Crippen LogP contribution is 2.33. The van der Waals surface area contributed by atoms with Crippen LogP contribution in [0.3, 0.4) is 0 Å². The molecule has 0 aliphatic rings. The van der Waals surface area contributed by atoms with Crippen molar-refractivity contribution in [2.75, 3.05) is 33.5 Å². The second-order valence-electron chi connectivity index (χ2n) is 6.25. The molecule has 1 aromatic heterocycles. The van der Waals surface area contributed by atoms with Gasteiger partial charge in [-0.05, 0) is 12.5 Å². The monoisotopic (exact) mass is 461 g/mol. The van der Waals surface area contributed by atoms with Crippen molar-refractivity contribution in [2.45, 2.75) is 12.6 Å². The van der Waals surface area contributed by atoms with Crippen molar-refractivity contribution in [3.63, 3.8) is 0 Å². The lowest BCUT2D eigenvalue weighted by Crippen LogP contribution is -2.26. The predicted molar refractivity (Wildman–Crippen MR) is 102 cm³/mol. The van der Waals surface area contributed by atoms with Crippen LogP contribution in [0.15, 0.2) is 30.3 Å². The van der Waals surface area contributed by atoms with E-state index >= 15 is 0 Å². The third-order valence-corrected chi connectivity index (χ3v) is 3.91. The molecule has 0 aliphatic heterocycles. The highest BCUT2D eigenvalue weighted by Gasteiger charge is 2.32. The number of nitrogens with one attached hydrogen (secondary N) is 1. The van der Waals surface area contributed by atoms with E-state index in [9.17, 15) is 32.5 Å². The van der Waals surface area contributed by atoms with E-state index in [-0.39, 0.29) is 44.5 Å². The van der Waals surface area contributed by atoms with Crippen LogP contribution in [0.1, 0.15) is 22.3 Å². The number of amides is 1. The molecule has 0 fully saturated rings. The average Bonchev–Trinajstić information content (AvgIpc) is 2.73. The van der Waals surface area contributed by atoms with Crippen LogP contribution >= 0.6 is 0 Å². The van der Waals surface area contributed by atoms with E-state index in [1.54, 1.807) is 0 Å². The zero-order chi connectivity index (χ0) is 23.7. The molecule has 0 aliphatic carbocycles. The molecule has 0 unspecified atom stereocenters. The summed E-state index contributed by atoms with van der Waals surface area (Å²) in [4.78, 5) is 25.8. The fourth-order valence-corrected chi connectivity index (χ4v) is 2.37. The number of hydrogen-bond donors (Lipinski definition) is 1. The van der Waals surface area contributed by atoms with E-state index in [4.69, 9.17) is 14.2 Å². The molecular formula is C19H19F4N3O6. The summed E-state index contributed by atoms with van der Waals surface area (Å²) in [7, 11) is 1.41. The van der Waals surface area contributed by atoms with Crippen LogP contribution in [0, 0.1) is 15.9 Å². The van der Waals surface area contributed by atoms with E-state index in [1.165, 1.54) is 7.11 Å². The summed E-state index contributed by atoms with van der Waals surface area (Å²) >= 11 is 0. The minimum atomic E-state index is -4.64. The largest absolute Gasteiger partial charge is 0.477 e. The Morgan fingerprint density at radius 3 is 2.38 bits per heavy atom. The molecule has 1 heterocycles. The van der Waals surface area contributed by atoms with Gasteiger partial charge in [-0.1, -0.05) is 0 Å². The van der Waals surface area contributed by atoms with Crippen molar-refractivity contribution in [3.05, 3.63) is 57.4 Å². The molecule has 1 amide bonds. The van der Waals surface area contributed by atoms with E-state index in [2.05, 4.69) is 10.3 Å². The van der Waals surface area contributed by atoms with Gasteiger partial charge >= 0.3 is 6.18 Å². The molecule has 0 spiro atoms. The summed E-state index contributed by atoms with van der Waals surface area (Å²) in [6, 6.07) is 3.98. The van der Waals surface area contributed by atoms with Gasteiger partial charge in [-0.3, -0.25) is 14.9 Å². The molecule has 0 atom stereocenters.